The lowest BCUT2D eigenvalue weighted by atomic mass is 10.1. The van der Waals surface area contributed by atoms with Gasteiger partial charge in [0.2, 0.25) is 11.4 Å². The maximum atomic E-state index is 14.5. The maximum Gasteiger partial charge on any atom is 0.416 e. The number of ether oxygens (including phenoxy) is 3. The number of hydrogen-bond acceptors (Lipinski definition) is 8. The van der Waals surface area contributed by atoms with Gasteiger partial charge in [-0.1, -0.05) is 5.16 Å². The Bertz CT molecular complexity index is 1120. The van der Waals surface area contributed by atoms with Crippen molar-refractivity contribution < 1.29 is 32.3 Å². The number of aryl methyl sites for hydroxylation is 1. The van der Waals surface area contributed by atoms with E-state index in [0.29, 0.717) is 5.82 Å². The van der Waals surface area contributed by atoms with Crippen molar-refractivity contribution in [3.63, 3.8) is 0 Å². The van der Waals surface area contributed by atoms with Gasteiger partial charge in [-0.3, -0.25) is 4.68 Å². The first kappa shape index (κ1) is 16.5. The summed E-state index contributed by atoms with van der Waals surface area (Å²) in [5.41, 5.74) is -0.652. The minimum absolute atomic E-state index is 0.0188. The van der Waals surface area contributed by atoms with E-state index in [0.717, 1.165) is 4.90 Å². The molecule has 28 heavy (non-hydrogen) atoms. The third-order valence-electron chi connectivity index (χ3n) is 4.51. The Morgan fingerprint density at radius 3 is 2.71 bits per heavy atom. The number of benzene rings is 1. The zero-order valence-electron chi connectivity index (χ0n) is 14.2. The molecule has 2 aliphatic heterocycles. The van der Waals surface area contributed by atoms with Gasteiger partial charge in [-0.25, -0.2) is 19.1 Å². The van der Waals surface area contributed by atoms with Crippen LogP contribution in [0.25, 0.3) is 11.0 Å². The van der Waals surface area contributed by atoms with Gasteiger partial charge in [-0.15, -0.1) is 0 Å². The molecule has 2 aliphatic rings. The fourth-order valence-electron chi connectivity index (χ4n) is 3.21. The SMILES string of the molecule is Cn1ncnc1[C@H]1COC(=O)N1c1noc2c(F)c(F)c(C3OC=CO3)cc12. The predicted molar refractivity (Wildman–Crippen MR) is 85.5 cm³/mol. The molecule has 0 saturated carbocycles. The second-order valence-corrected chi connectivity index (χ2v) is 6.06. The molecular formula is C16H11F2N5O5. The van der Waals surface area contributed by atoms with Gasteiger partial charge in [-0.05, 0) is 6.07 Å². The number of amides is 1. The van der Waals surface area contributed by atoms with Crippen LogP contribution in [0.15, 0.2) is 29.4 Å². The largest absolute Gasteiger partial charge is 0.455 e. The third kappa shape index (κ3) is 2.23. The molecule has 5 rings (SSSR count). The molecule has 1 atom stereocenters. The summed E-state index contributed by atoms with van der Waals surface area (Å²) in [6.07, 6.45) is 1.85. The number of nitrogens with zero attached hydrogens (tertiary/aromatic N) is 5. The summed E-state index contributed by atoms with van der Waals surface area (Å²) in [5.74, 6) is -2.08. The molecule has 1 saturated heterocycles. The Kier molecular flexibility index (Phi) is 3.47. The number of cyclic esters (lactones) is 1. The molecule has 4 heterocycles. The fraction of sp³-hybridized carbons (Fsp3) is 0.250. The Balaban J connectivity index is 1.66. The molecule has 12 heteroatoms. The van der Waals surface area contributed by atoms with E-state index in [1.165, 1.54) is 29.6 Å². The number of aromatic nitrogens is 4. The van der Waals surface area contributed by atoms with Crippen LogP contribution < -0.4 is 4.90 Å². The molecule has 1 amide bonds. The van der Waals surface area contributed by atoms with Crippen molar-refractivity contribution in [2.24, 2.45) is 7.05 Å². The molecule has 1 fully saturated rings. The summed E-state index contributed by atoms with van der Waals surface area (Å²) < 4.78 is 50.7. The summed E-state index contributed by atoms with van der Waals surface area (Å²) in [5, 5.41) is 7.81. The Hall–Kier alpha value is -3.70. The van der Waals surface area contributed by atoms with Crippen LogP contribution in [-0.2, 0) is 21.3 Å². The van der Waals surface area contributed by atoms with Gasteiger partial charge in [0, 0.05) is 7.05 Å². The lowest BCUT2D eigenvalue weighted by Gasteiger charge is -2.18. The summed E-state index contributed by atoms with van der Waals surface area (Å²) >= 11 is 0. The van der Waals surface area contributed by atoms with Crippen LogP contribution in [0, 0.1) is 11.6 Å². The molecule has 0 bridgehead atoms. The van der Waals surface area contributed by atoms with Crippen molar-refractivity contribution in [3.05, 3.63) is 47.9 Å². The average Bonchev–Trinajstić information content (AvgIpc) is 3.45. The fourth-order valence-corrected chi connectivity index (χ4v) is 3.21. The van der Waals surface area contributed by atoms with E-state index in [2.05, 4.69) is 15.2 Å². The van der Waals surface area contributed by atoms with E-state index in [-0.39, 0.29) is 23.4 Å². The van der Waals surface area contributed by atoms with E-state index in [4.69, 9.17) is 18.7 Å². The van der Waals surface area contributed by atoms with Crippen molar-refractivity contribution in [3.8, 4) is 0 Å². The maximum absolute atomic E-state index is 14.5. The number of anilines is 1. The van der Waals surface area contributed by atoms with Crippen molar-refractivity contribution in [1.82, 2.24) is 19.9 Å². The first-order chi connectivity index (χ1) is 13.6. The van der Waals surface area contributed by atoms with E-state index in [1.54, 1.807) is 7.05 Å². The summed E-state index contributed by atoms with van der Waals surface area (Å²) in [6, 6.07) is 0.585. The smallest absolute Gasteiger partial charge is 0.416 e. The highest BCUT2D eigenvalue weighted by Crippen LogP contribution is 2.39. The molecule has 0 spiro atoms. The summed E-state index contributed by atoms with van der Waals surface area (Å²) in [7, 11) is 1.65. The number of carbonyl (C=O) groups is 1. The first-order valence-corrected chi connectivity index (χ1v) is 8.09. The molecule has 0 aliphatic carbocycles. The van der Waals surface area contributed by atoms with Crippen LogP contribution in [0.3, 0.4) is 0 Å². The number of carbonyl (C=O) groups excluding carboxylic acids is 1. The highest BCUT2D eigenvalue weighted by atomic mass is 19.2. The topological polar surface area (TPSA) is 105 Å². The van der Waals surface area contributed by atoms with Crippen LogP contribution in [0.5, 0.6) is 0 Å². The van der Waals surface area contributed by atoms with Crippen molar-refractivity contribution in [2.75, 3.05) is 11.5 Å². The van der Waals surface area contributed by atoms with Crippen LogP contribution in [0.4, 0.5) is 19.4 Å². The van der Waals surface area contributed by atoms with Gasteiger partial charge in [0.15, 0.2) is 17.5 Å². The number of halogens is 2. The van der Waals surface area contributed by atoms with Crippen LogP contribution in [0.1, 0.15) is 23.7 Å². The second kappa shape index (κ2) is 5.90. The minimum Gasteiger partial charge on any atom is -0.455 e. The standard InChI is InChI=1S/C16H11F2N5O5/c1-22-14(19-6-20-22)9-5-27-16(24)23(9)13-8-4-7(15-25-2-3-26-15)10(17)11(18)12(8)28-21-13/h2-4,6,9,15H,5H2,1H3/t9-/m1/s1. The predicted octanol–water partition coefficient (Wildman–Crippen LogP) is 2.45. The highest BCUT2D eigenvalue weighted by Gasteiger charge is 2.41. The van der Waals surface area contributed by atoms with Crippen molar-refractivity contribution in [2.45, 2.75) is 12.3 Å². The van der Waals surface area contributed by atoms with Gasteiger partial charge < -0.3 is 18.7 Å². The summed E-state index contributed by atoms with van der Waals surface area (Å²) in [4.78, 5) is 17.6. The number of rotatable bonds is 3. The van der Waals surface area contributed by atoms with Gasteiger partial charge in [0.05, 0.1) is 10.9 Å². The third-order valence-corrected chi connectivity index (χ3v) is 4.51. The Morgan fingerprint density at radius 1 is 1.21 bits per heavy atom. The molecule has 10 nitrogen and oxygen atoms in total. The molecular weight excluding hydrogens is 380 g/mol. The normalized spacial score (nSPS) is 19.3. The molecule has 3 aromatic rings. The van der Waals surface area contributed by atoms with Crippen molar-refractivity contribution >= 4 is 22.9 Å². The van der Waals surface area contributed by atoms with E-state index < -0.39 is 35.6 Å². The number of fused-ring (bicyclic) bond motifs is 1. The molecule has 2 aromatic heterocycles. The van der Waals surface area contributed by atoms with Crippen LogP contribution in [-0.4, -0.2) is 32.6 Å². The van der Waals surface area contributed by atoms with E-state index in [9.17, 15) is 13.6 Å². The second-order valence-electron chi connectivity index (χ2n) is 6.06. The zero-order chi connectivity index (χ0) is 19.4. The molecule has 0 unspecified atom stereocenters. The van der Waals surface area contributed by atoms with E-state index >= 15 is 0 Å². The van der Waals surface area contributed by atoms with Gasteiger partial charge >= 0.3 is 6.09 Å². The Labute approximate surface area is 154 Å². The van der Waals surface area contributed by atoms with Gasteiger partial charge in [0.25, 0.3) is 6.29 Å². The molecule has 0 N–H and O–H groups in total. The highest BCUT2D eigenvalue weighted by molar-refractivity contribution is 5.99. The zero-order valence-corrected chi connectivity index (χ0v) is 14.2. The Morgan fingerprint density at radius 2 is 2.00 bits per heavy atom. The lowest BCUT2D eigenvalue weighted by molar-refractivity contribution is -0.0274. The minimum atomic E-state index is -1.27. The average molecular weight is 391 g/mol. The monoisotopic (exact) mass is 391 g/mol. The first-order valence-electron chi connectivity index (χ1n) is 8.09. The quantitative estimate of drug-likeness (QED) is 0.671. The number of hydrogen-bond donors (Lipinski definition) is 0. The van der Waals surface area contributed by atoms with Gasteiger partial charge in [0.1, 0.15) is 31.5 Å². The molecule has 144 valence electrons. The summed E-state index contributed by atoms with van der Waals surface area (Å²) in [6.45, 7) is -0.0188. The van der Waals surface area contributed by atoms with Crippen LogP contribution in [0.2, 0.25) is 0 Å². The lowest BCUT2D eigenvalue weighted by Crippen LogP contribution is -2.29. The van der Waals surface area contributed by atoms with Crippen LogP contribution >= 0.6 is 0 Å². The molecule has 1 aromatic carbocycles. The van der Waals surface area contributed by atoms with Gasteiger partial charge in [-0.2, -0.15) is 9.49 Å². The molecule has 0 radical (unpaired) electrons. The van der Waals surface area contributed by atoms with E-state index in [1.807, 2.05) is 0 Å². The van der Waals surface area contributed by atoms with Crippen molar-refractivity contribution in [1.29, 1.82) is 0 Å².